The highest BCUT2D eigenvalue weighted by molar-refractivity contribution is 9.10. The number of halogens is 4. The molecule has 0 saturated heterocycles. The van der Waals surface area contributed by atoms with Crippen molar-refractivity contribution in [2.24, 2.45) is 0 Å². The molecule has 3 rings (SSSR count). The Morgan fingerprint density at radius 3 is 2.20 bits per heavy atom. The van der Waals surface area contributed by atoms with Gasteiger partial charge in [-0.1, -0.05) is 71.4 Å². The second-order valence-corrected chi connectivity index (χ2v) is 13.5. The summed E-state index contributed by atoms with van der Waals surface area (Å²) >= 11 is 3.41. The molecule has 0 saturated carbocycles. The lowest BCUT2D eigenvalue weighted by molar-refractivity contribution is -0.141. The molecule has 0 fully saturated rings. The Morgan fingerprint density at radius 2 is 1.61 bits per heavy atom. The minimum Gasteiger partial charge on any atom is -0.352 e. The number of nitrogens with zero attached hydrogens (tertiary/aromatic N) is 2. The third-order valence-corrected chi connectivity index (χ3v) is 8.87. The molecule has 0 radical (unpaired) electrons. The quantitative estimate of drug-likeness (QED) is 0.207. The van der Waals surface area contributed by atoms with E-state index in [1.54, 1.807) is 0 Å². The van der Waals surface area contributed by atoms with Gasteiger partial charge in [0.15, 0.2) is 0 Å². The Labute approximate surface area is 265 Å². The van der Waals surface area contributed by atoms with Crippen molar-refractivity contribution in [3.63, 3.8) is 0 Å². The van der Waals surface area contributed by atoms with E-state index in [9.17, 15) is 31.2 Å². The van der Waals surface area contributed by atoms with Gasteiger partial charge >= 0.3 is 6.18 Å². The molecule has 44 heavy (non-hydrogen) atoms. The van der Waals surface area contributed by atoms with Gasteiger partial charge in [0, 0.05) is 36.4 Å². The van der Waals surface area contributed by atoms with Gasteiger partial charge < -0.3 is 10.2 Å². The number of carbonyl (C=O) groups excluding carboxylic acids is 2. The van der Waals surface area contributed by atoms with Crippen LogP contribution in [0, 0.1) is 0 Å². The number of hydrogen-bond acceptors (Lipinski definition) is 4. The van der Waals surface area contributed by atoms with Crippen molar-refractivity contribution in [3.8, 4) is 0 Å². The predicted molar refractivity (Wildman–Crippen MR) is 169 cm³/mol. The Hall–Kier alpha value is -3.38. The van der Waals surface area contributed by atoms with Crippen LogP contribution in [0.25, 0.3) is 0 Å². The minimum absolute atomic E-state index is 0.0179. The van der Waals surface area contributed by atoms with Crippen LogP contribution in [0.4, 0.5) is 18.9 Å². The molecule has 0 heterocycles. The Morgan fingerprint density at radius 1 is 0.955 bits per heavy atom. The van der Waals surface area contributed by atoms with Gasteiger partial charge in [-0.25, -0.2) is 8.42 Å². The standard InChI is InChI=1S/C32H37BrF3N3O4S/c1-4-23(2)37-31(41)29(20-24-10-6-5-7-11-24)38(22-25-15-17-27(33)18-16-25)30(40)14-9-19-39(44(3,42)43)28-13-8-12-26(21-28)32(34,35)36/h5-8,10-13,15-18,21,23,29H,4,9,14,19-20,22H2,1-3H3,(H,37,41)/t23-,29+/m1/s1. The average Bonchev–Trinajstić information content (AvgIpc) is 2.97. The normalized spacial score (nSPS) is 13.2. The van der Waals surface area contributed by atoms with Crippen molar-refractivity contribution in [2.45, 2.75) is 64.3 Å². The van der Waals surface area contributed by atoms with Crippen molar-refractivity contribution >= 4 is 43.5 Å². The zero-order valence-electron chi connectivity index (χ0n) is 24.9. The van der Waals surface area contributed by atoms with Crippen LogP contribution in [0.5, 0.6) is 0 Å². The largest absolute Gasteiger partial charge is 0.416 e. The van der Waals surface area contributed by atoms with Gasteiger partial charge in [-0.3, -0.25) is 13.9 Å². The van der Waals surface area contributed by atoms with Crippen molar-refractivity contribution in [2.75, 3.05) is 17.1 Å². The monoisotopic (exact) mass is 695 g/mol. The molecule has 0 aliphatic heterocycles. The Balaban J connectivity index is 1.90. The number of alkyl halides is 3. The summed E-state index contributed by atoms with van der Waals surface area (Å²) in [5.41, 5.74) is 0.531. The molecule has 0 unspecified atom stereocenters. The summed E-state index contributed by atoms with van der Waals surface area (Å²) in [5.74, 6) is -0.693. The second-order valence-electron chi connectivity index (χ2n) is 10.7. The van der Waals surface area contributed by atoms with E-state index in [4.69, 9.17) is 0 Å². The smallest absolute Gasteiger partial charge is 0.352 e. The molecule has 2 atom stereocenters. The lowest BCUT2D eigenvalue weighted by atomic mass is 10.0. The number of rotatable bonds is 14. The first kappa shape index (κ1) is 35.1. The van der Waals surface area contributed by atoms with Crippen molar-refractivity contribution in [3.05, 3.63) is 100 Å². The van der Waals surface area contributed by atoms with Crippen LogP contribution in [0.1, 0.15) is 49.8 Å². The Bertz CT molecular complexity index is 1500. The van der Waals surface area contributed by atoms with Crippen LogP contribution >= 0.6 is 15.9 Å². The van der Waals surface area contributed by atoms with E-state index >= 15 is 0 Å². The zero-order chi connectivity index (χ0) is 32.5. The van der Waals surface area contributed by atoms with Gasteiger partial charge in [-0.15, -0.1) is 0 Å². The SMILES string of the molecule is CC[C@@H](C)NC(=O)[C@H](Cc1ccccc1)N(Cc1ccc(Br)cc1)C(=O)CCCN(c1cccc(C(F)(F)F)c1)S(C)(=O)=O. The van der Waals surface area contributed by atoms with Gasteiger partial charge in [-0.05, 0) is 61.2 Å². The second kappa shape index (κ2) is 15.6. The molecule has 3 aromatic rings. The summed E-state index contributed by atoms with van der Waals surface area (Å²) in [5, 5.41) is 2.99. The first-order valence-corrected chi connectivity index (χ1v) is 16.9. The number of amides is 2. The van der Waals surface area contributed by atoms with Gasteiger partial charge in [0.1, 0.15) is 6.04 Å². The predicted octanol–water partition coefficient (Wildman–Crippen LogP) is 6.57. The molecular weight excluding hydrogens is 659 g/mol. The minimum atomic E-state index is -4.65. The third kappa shape index (κ3) is 10.4. The van der Waals surface area contributed by atoms with Gasteiger partial charge in [0.05, 0.1) is 17.5 Å². The molecule has 0 bridgehead atoms. The van der Waals surface area contributed by atoms with Gasteiger partial charge in [0.25, 0.3) is 0 Å². The zero-order valence-corrected chi connectivity index (χ0v) is 27.3. The average molecular weight is 697 g/mol. The lowest BCUT2D eigenvalue weighted by Crippen LogP contribution is -2.52. The topological polar surface area (TPSA) is 86.8 Å². The van der Waals surface area contributed by atoms with Crippen LogP contribution in [0.3, 0.4) is 0 Å². The summed E-state index contributed by atoms with van der Waals surface area (Å²) in [6, 6.07) is 19.8. The molecule has 3 aromatic carbocycles. The molecule has 0 spiro atoms. The molecular formula is C32H37BrF3N3O4S. The number of benzene rings is 3. The van der Waals surface area contributed by atoms with Crippen LogP contribution in [-0.4, -0.2) is 50.0 Å². The van der Waals surface area contributed by atoms with E-state index in [1.165, 1.54) is 11.0 Å². The fourth-order valence-electron chi connectivity index (χ4n) is 4.62. The maximum Gasteiger partial charge on any atom is 0.416 e. The van der Waals surface area contributed by atoms with Crippen LogP contribution in [-0.2, 0) is 38.8 Å². The number of hydrogen-bond donors (Lipinski definition) is 1. The maximum absolute atomic E-state index is 13.9. The molecule has 7 nitrogen and oxygen atoms in total. The van der Waals surface area contributed by atoms with E-state index in [1.807, 2.05) is 68.4 Å². The molecule has 238 valence electrons. The highest BCUT2D eigenvalue weighted by Crippen LogP contribution is 2.32. The summed E-state index contributed by atoms with van der Waals surface area (Å²) in [6.07, 6.45) is -2.91. The molecule has 0 aliphatic carbocycles. The van der Waals surface area contributed by atoms with Crippen LogP contribution in [0.15, 0.2) is 83.3 Å². The maximum atomic E-state index is 13.9. The first-order valence-electron chi connectivity index (χ1n) is 14.2. The van der Waals surface area contributed by atoms with E-state index < -0.39 is 27.8 Å². The van der Waals surface area contributed by atoms with E-state index in [-0.39, 0.29) is 55.9 Å². The fourth-order valence-corrected chi connectivity index (χ4v) is 5.84. The van der Waals surface area contributed by atoms with Crippen molar-refractivity contribution in [1.82, 2.24) is 10.2 Å². The summed E-state index contributed by atoms with van der Waals surface area (Å²) in [6.45, 7) is 3.73. The summed E-state index contributed by atoms with van der Waals surface area (Å²) in [7, 11) is -3.97. The number of sulfonamides is 1. The first-order chi connectivity index (χ1) is 20.7. The highest BCUT2D eigenvalue weighted by Gasteiger charge is 2.33. The lowest BCUT2D eigenvalue weighted by Gasteiger charge is -2.32. The summed E-state index contributed by atoms with van der Waals surface area (Å²) < 4.78 is 66.9. The molecule has 12 heteroatoms. The highest BCUT2D eigenvalue weighted by atomic mass is 79.9. The van der Waals surface area contributed by atoms with Crippen LogP contribution < -0.4 is 9.62 Å². The fraction of sp³-hybridized carbons (Fsp3) is 0.375. The molecule has 0 aromatic heterocycles. The van der Waals surface area contributed by atoms with E-state index in [0.29, 0.717) is 6.42 Å². The van der Waals surface area contributed by atoms with Crippen molar-refractivity contribution < 1.29 is 31.2 Å². The number of anilines is 1. The number of nitrogens with one attached hydrogen (secondary N) is 1. The molecule has 0 aliphatic rings. The van der Waals surface area contributed by atoms with Crippen LogP contribution in [0.2, 0.25) is 0 Å². The van der Waals surface area contributed by atoms with Crippen molar-refractivity contribution in [1.29, 1.82) is 0 Å². The van der Waals surface area contributed by atoms with Gasteiger partial charge in [-0.2, -0.15) is 13.2 Å². The van der Waals surface area contributed by atoms with Gasteiger partial charge in [0.2, 0.25) is 21.8 Å². The van der Waals surface area contributed by atoms with E-state index in [2.05, 4.69) is 21.2 Å². The molecule has 1 N–H and O–H groups in total. The number of carbonyl (C=O) groups is 2. The third-order valence-electron chi connectivity index (χ3n) is 7.15. The molecule has 2 amide bonds. The Kier molecular flexibility index (Phi) is 12.4. The summed E-state index contributed by atoms with van der Waals surface area (Å²) in [4.78, 5) is 29.0. The van der Waals surface area contributed by atoms with E-state index in [0.717, 1.165) is 44.4 Å².